The fraction of sp³-hybridized carbons (Fsp3) is 0.529. The molecule has 23 heavy (non-hydrogen) atoms. The largest absolute Gasteiger partial charge is 0.493 e. The summed E-state index contributed by atoms with van der Waals surface area (Å²) in [5.41, 5.74) is 1.50. The van der Waals surface area contributed by atoms with Gasteiger partial charge in [0, 0.05) is 18.1 Å². The number of hydrogen-bond acceptors (Lipinski definition) is 6. The van der Waals surface area contributed by atoms with Crippen molar-refractivity contribution in [3.63, 3.8) is 0 Å². The van der Waals surface area contributed by atoms with Crippen molar-refractivity contribution in [2.75, 3.05) is 14.2 Å². The molecule has 120 valence electrons. The van der Waals surface area contributed by atoms with Crippen molar-refractivity contribution in [1.82, 2.24) is 9.97 Å². The Morgan fingerprint density at radius 1 is 1.04 bits per heavy atom. The number of rotatable bonds is 4. The summed E-state index contributed by atoms with van der Waals surface area (Å²) in [4.78, 5) is 9.03. The van der Waals surface area contributed by atoms with Crippen LogP contribution in [0.1, 0.15) is 12.8 Å². The second-order valence-corrected chi connectivity index (χ2v) is 6.52. The van der Waals surface area contributed by atoms with Crippen molar-refractivity contribution in [2.24, 2.45) is 11.8 Å². The molecule has 1 aromatic heterocycles. The second-order valence-electron chi connectivity index (χ2n) is 6.52. The summed E-state index contributed by atoms with van der Waals surface area (Å²) >= 11 is 0. The first kappa shape index (κ1) is 13.4. The average Bonchev–Trinajstić information content (AvgIpc) is 3.20. The summed E-state index contributed by atoms with van der Waals surface area (Å²) in [6.45, 7) is 0. The van der Waals surface area contributed by atoms with Crippen molar-refractivity contribution in [3.8, 4) is 17.4 Å². The monoisotopic (exact) mass is 314 g/mol. The quantitative estimate of drug-likeness (QED) is 0.806. The van der Waals surface area contributed by atoms with Gasteiger partial charge in [0.25, 0.3) is 0 Å². The van der Waals surface area contributed by atoms with E-state index in [1.807, 2.05) is 12.1 Å². The first-order valence-corrected chi connectivity index (χ1v) is 7.97. The lowest BCUT2D eigenvalue weighted by Gasteiger charge is -2.20. The summed E-state index contributed by atoms with van der Waals surface area (Å²) in [7, 11) is 3.22. The molecule has 2 aliphatic carbocycles. The van der Waals surface area contributed by atoms with Gasteiger partial charge in [-0.1, -0.05) is 0 Å². The normalized spacial score (nSPS) is 33.6. The van der Waals surface area contributed by atoms with E-state index < -0.39 is 0 Å². The number of methoxy groups -OCH3 is 2. The highest BCUT2D eigenvalue weighted by Gasteiger charge is 2.64. The molecule has 3 aliphatic rings. The van der Waals surface area contributed by atoms with Crippen LogP contribution in [0, 0.1) is 11.8 Å². The summed E-state index contributed by atoms with van der Waals surface area (Å²) in [6.07, 6.45) is 5.13. The number of epoxide rings is 1. The van der Waals surface area contributed by atoms with Crippen molar-refractivity contribution >= 4 is 11.0 Å². The molecule has 2 aromatic rings. The summed E-state index contributed by atoms with van der Waals surface area (Å²) < 4.78 is 22.4. The van der Waals surface area contributed by atoms with Gasteiger partial charge in [-0.05, 0) is 18.8 Å². The van der Waals surface area contributed by atoms with Gasteiger partial charge in [0.05, 0.1) is 43.7 Å². The van der Waals surface area contributed by atoms with E-state index in [1.54, 1.807) is 20.4 Å². The van der Waals surface area contributed by atoms with Crippen LogP contribution < -0.4 is 14.2 Å². The predicted octanol–water partition coefficient (Wildman–Crippen LogP) is 2.20. The predicted molar refractivity (Wildman–Crippen MR) is 81.9 cm³/mol. The minimum absolute atomic E-state index is 0.204. The molecule has 5 unspecified atom stereocenters. The molecule has 0 N–H and O–H groups in total. The molecule has 5 rings (SSSR count). The van der Waals surface area contributed by atoms with Gasteiger partial charge >= 0.3 is 0 Å². The van der Waals surface area contributed by atoms with Gasteiger partial charge in [0.1, 0.15) is 6.10 Å². The third-order valence-electron chi connectivity index (χ3n) is 5.33. The first-order valence-electron chi connectivity index (χ1n) is 7.97. The van der Waals surface area contributed by atoms with Gasteiger partial charge in [0.15, 0.2) is 11.5 Å². The zero-order valence-electron chi connectivity index (χ0n) is 13.1. The maximum absolute atomic E-state index is 6.12. The molecular formula is C17H18N2O4. The van der Waals surface area contributed by atoms with Crippen molar-refractivity contribution in [3.05, 3.63) is 18.3 Å². The molecule has 6 heteroatoms. The highest BCUT2D eigenvalue weighted by Crippen LogP contribution is 2.56. The van der Waals surface area contributed by atoms with E-state index in [-0.39, 0.29) is 6.10 Å². The summed E-state index contributed by atoms with van der Waals surface area (Å²) in [6, 6.07) is 3.65. The Labute approximate surface area is 133 Å². The molecule has 6 nitrogen and oxygen atoms in total. The highest BCUT2D eigenvalue weighted by molar-refractivity contribution is 5.79. The Hall–Kier alpha value is -2.08. The van der Waals surface area contributed by atoms with Gasteiger partial charge < -0.3 is 18.9 Å². The highest BCUT2D eigenvalue weighted by atomic mass is 16.6. The Kier molecular flexibility index (Phi) is 2.74. The van der Waals surface area contributed by atoms with Gasteiger partial charge in [-0.2, -0.15) is 0 Å². The van der Waals surface area contributed by atoms with E-state index in [9.17, 15) is 0 Å². The van der Waals surface area contributed by atoms with Gasteiger partial charge in [0.2, 0.25) is 5.88 Å². The number of ether oxygens (including phenoxy) is 4. The molecule has 0 radical (unpaired) electrons. The van der Waals surface area contributed by atoms with Crippen LogP contribution in [0.2, 0.25) is 0 Å². The minimum atomic E-state index is 0.204. The molecule has 3 fully saturated rings. The van der Waals surface area contributed by atoms with Gasteiger partial charge in [-0.15, -0.1) is 0 Å². The Morgan fingerprint density at radius 3 is 2.52 bits per heavy atom. The number of nitrogens with zero attached hydrogens (tertiary/aromatic N) is 2. The number of benzene rings is 1. The summed E-state index contributed by atoms with van der Waals surface area (Å²) in [5, 5.41) is 0. The fourth-order valence-electron chi connectivity index (χ4n) is 4.21. The van der Waals surface area contributed by atoms with Crippen LogP contribution in [0.25, 0.3) is 11.0 Å². The van der Waals surface area contributed by atoms with Crippen LogP contribution in [0.3, 0.4) is 0 Å². The molecular weight excluding hydrogens is 296 g/mol. The maximum atomic E-state index is 6.12. The Balaban J connectivity index is 1.43. The van der Waals surface area contributed by atoms with E-state index >= 15 is 0 Å². The Morgan fingerprint density at radius 2 is 1.83 bits per heavy atom. The second kappa shape index (κ2) is 4.71. The molecule has 0 amide bonds. The fourth-order valence-corrected chi connectivity index (χ4v) is 4.21. The van der Waals surface area contributed by atoms with E-state index in [2.05, 4.69) is 9.97 Å². The standard InChI is InChI=1S/C17H18N2O4/c1-20-13-5-10-11(6-14(13)21-2)19-15(7-18-10)22-12-4-8-3-9(12)17-16(8)23-17/h5-9,12,16-17H,3-4H2,1-2H3. The molecule has 2 bridgehead atoms. The van der Waals surface area contributed by atoms with Crippen LogP contribution >= 0.6 is 0 Å². The third kappa shape index (κ3) is 1.97. The van der Waals surface area contributed by atoms with E-state index in [0.717, 1.165) is 17.5 Å². The lowest BCUT2D eigenvalue weighted by atomic mass is 9.98. The van der Waals surface area contributed by atoms with Crippen molar-refractivity contribution in [1.29, 1.82) is 0 Å². The molecule has 5 atom stereocenters. The SMILES string of the molecule is COc1cc2ncc(OC3CC4CC3C3OC43)nc2cc1OC. The minimum Gasteiger partial charge on any atom is -0.493 e. The van der Waals surface area contributed by atoms with E-state index in [0.29, 0.717) is 41.4 Å². The molecule has 1 aromatic carbocycles. The van der Waals surface area contributed by atoms with E-state index in [1.165, 1.54) is 6.42 Å². The molecule has 2 saturated carbocycles. The summed E-state index contributed by atoms with van der Waals surface area (Å²) in [5.74, 6) is 3.05. The lowest BCUT2D eigenvalue weighted by Crippen LogP contribution is -2.28. The molecule has 2 heterocycles. The number of aromatic nitrogens is 2. The number of fused-ring (bicyclic) bond motifs is 6. The van der Waals surface area contributed by atoms with Gasteiger partial charge in [-0.25, -0.2) is 9.97 Å². The molecule has 0 spiro atoms. The smallest absolute Gasteiger partial charge is 0.233 e. The zero-order valence-corrected chi connectivity index (χ0v) is 13.1. The zero-order chi connectivity index (χ0) is 15.6. The van der Waals surface area contributed by atoms with Crippen LogP contribution in [0.5, 0.6) is 17.4 Å². The average molecular weight is 314 g/mol. The van der Waals surface area contributed by atoms with Crippen LogP contribution in [0.4, 0.5) is 0 Å². The third-order valence-corrected chi connectivity index (χ3v) is 5.33. The van der Waals surface area contributed by atoms with Crippen LogP contribution in [0.15, 0.2) is 18.3 Å². The first-order chi connectivity index (χ1) is 11.3. The number of hydrogen-bond donors (Lipinski definition) is 0. The topological polar surface area (TPSA) is 66.0 Å². The lowest BCUT2D eigenvalue weighted by molar-refractivity contribution is 0.131. The van der Waals surface area contributed by atoms with Crippen molar-refractivity contribution < 1.29 is 18.9 Å². The van der Waals surface area contributed by atoms with Gasteiger partial charge in [-0.3, -0.25) is 0 Å². The van der Waals surface area contributed by atoms with Crippen molar-refractivity contribution in [2.45, 2.75) is 31.2 Å². The maximum Gasteiger partial charge on any atom is 0.233 e. The Bertz CT molecular complexity index is 781. The van der Waals surface area contributed by atoms with Crippen LogP contribution in [-0.4, -0.2) is 42.5 Å². The molecule has 1 aliphatic heterocycles. The molecule has 1 saturated heterocycles. The van der Waals surface area contributed by atoms with Crippen LogP contribution in [-0.2, 0) is 4.74 Å². The van der Waals surface area contributed by atoms with E-state index in [4.69, 9.17) is 18.9 Å².